The topological polar surface area (TPSA) is 82.0 Å². The van der Waals surface area contributed by atoms with Crippen LogP contribution in [0.25, 0.3) is 0 Å². The van der Waals surface area contributed by atoms with E-state index in [9.17, 15) is 15.0 Å². The Bertz CT molecular complexity index is 1060. The van der Waals surface area contributed by atoms with Gasteiger partial charge < -0.3 is 20.3 Å². The normalized spacial score (nSPS) is 15.6. The van der Waals surface area contributed by atoms with Crippen LogP contribution in [0.2, 0.25) is 0 Å². The zero-order valence-corrected chi connectivity index (χ0v) is 16.2. The Morgan fingerprint density at radius 2 is 1.79 bits per heavy atom. The smallest absolute Gasteiger partial charge is 0.262 e. The van der Waals surface area contributed by atoms with Crippen LogP contribution in [-0.4, -0.2) is 23.2 Å². The molecule has 3 aromatic rings. The molecule has 0 unspecified atom stereocenters. The second-order valence-corrected chi connectivity index (χ2v) is 6.88. The van der Waals surface area contributed by atoms with Gasteiger partial charge in [0, 0.05) is 16.9 Å². The van der Waals surface area contributed by atoms with Crippen LogP contribution in [0, 0.1) is 0 Å². The number of fused-ring (bicyclic) bond motifs is 1. The summed E-state index contributed by atoms with van der Waals surface area (Å²) < 4.78 is 5.18. The standard InChI is InChI=1S/C23H22N2O4/c1-3-14-8-10-16(11-9-14)25-22(15-12-19(26)21(27)20(13-15)29-2)24-18-7-5-4-6-17(18)23(25)28/h4-13,22,24,26-27H,3H2,1-2H3/t22-/m0/s1. The van der Waals surface area contributed by atoms with Crippen molar-refractivity contribution in [2.24, 2.45) is 0 Å². The van der Waals surface area contributed by atoms with Crippen molar-refractivity contribution in [3.8, 4) is 17.2 Å². The number of methoxy groups -OCH3 is 1. The highest BCUT2D eigenvalue weighted by atomic mass is 16.5. The lowest BCUT2D eigenvalue weighted by Crippen LogP contribution is -2.43. The number of nitrogens with one attached hydrogen (secondary N) is 1. The fraction of sp³-hybridized carbons (Fsp3) is 0.174. The zero-order valence-electron chi connectivity index (χ0n) is 16.2. The summed E-state index contributed by atoms with van der Waals surface area (Å²) in [6.07, 6.45) is 0.312. The predicted octanol–water partition coefficient (Wildman–Crippen LogP) is 4.44. The predicted molar refractivity (Wildman–Crippen MR) is 112 cm³/mol. The Hall–Kier alpha value is -3.67. The maximum Gasteiger partial charge on any atom is 0.262 e. The van der Waals surface area contributed by atoms with Crippen LogP contribution >= 0.6 is 0 Å². The van der Waals surface area contributed by atoms with Gasteiger partial charge in [-0.05, 0) is 48.4 Å². The molecule has 148 valence electrons. The molecule has 3 N–H and O–H groups in total. The van der Waals surface area contributed by atoms with Crippen molar-refractivity contribution in [2.45, 2.75) is 19.5 Å². The summed E-state index contributed by atoms with van der Waals surface area (Å²) in [4.78, 5) is 15.1. The Kier molecular flexibility index (Phi) is 4.76. The summed E-state index contributed by atoms with van der Waals surface area (Å²) in [5, 5.41) is 23.5. The van der Waals surface area contributed by atoms with Crippen molar-refractivity contribution < 1.29 is 19.7 Å². The van der Waals surface area contributed by atoms with E-state index >= 15 is 0 Å². The molecule has 0 radical (unpaired) electrons. The summed E-state index contributed by atoms with van der Waals surface area (Å²) in [5.74, 6) is -0.666. The number of benzene rings is 3. The largest absolute Gasteiger partial charge is 0.504 e. The molecule has 4 rings (SSSR count). The molecular formula is C23H22N2O4. The van der Waals surface area contributed by atoms with Crippen molar-refractivity contribution in [1.29, 1.82) is 0 Å². The molecule has 1 aliphatic heterocycles. The number of ether oxygens (including phenoxy) is 1. The zero-order chi connectivity index (χ0) is 20.5. The van der Waals surface area contributed by atoms with E-state index < -0.39 is 6.17 Å². The third-order valence-corrected chi connectivity index (χ3v) is 5.16. The van der Waals surface area contributed by atoms with Gasteiger partial charge in [0.2, 0.25) is 5.75 Å². The number of amides is 1. The number of para-hydroxylation sites is 1. The minimum Gasteiger partial charge on any atom is -0.504 e. The van der Waals surface area contributed by atoms with E-state index in [0.717, 1.165) is 12.1 Å². The highest BCUT2D eigenvalue weighted by molar-refractivity contribution is 6.12. The molecule has 6 heteroatoms. The first kappa shape index (κ1) is 18.7. The summed E-state index contributed by atoms with van der Waals surface area (Å²) in [5.41, 5.74) is 3.76. The molecule has 1 amide bonds. The molecule has 3 aromatic carbocycles. The molecular weight excluding hydrogens is 368 g/mol. The number of aryl methyl sites for hydroxylation is 1. The maximum absolute atomic E-state index is 13.4. The van der Waals surface area contributed by atoms with Gasteiger partial charge in [0.05, 0.1) is 12.7 Å². The van der Waals surface area contributed by atoms with Crippen LogP contribution in [-0.2, 0) is 6.42 Å². The molecule has 1 atom stereocenters. The molecule has 1 heterocycles. The number of hydrogen-bond acceptors (Lipinski definition) is 5. The van der Waals surface area contributed by atoms with Gasteiger partial charge in [0.15, 0.2) is 11.5 Å². The molecule has 0 bridgehead atoms. The fourth-order valence-electron chi connectivity index (χ4n) is 3.57. The van der Waals surface area contributed by atoms with E-state index in [1.807, 2.05) is 42.5 Å². The van der Waals surface area contributed by atoms with Crippen LogP contribution < -0.4 is 15.0 Å². The average Bonchev–Trinajstić information content (AvgIpc) is 2.75. The van der Waals surface area contributed by atoms with Gasteiger partial charge in [-0.15, -0.1) is 0 Å². The monoisotopic (exact) mass is 390 g/mol. The number of anilines is 2. The average molecular weight is 390 g/mol. The van der Waals surface area contributed by atoms with Gasteiger partial charge in [0.25, 0.3) is 5.91 Å². The molecule has 0 spiro atoms. The lowest BCUT2D eigenvalue weighted by molar-refractivity contribution is 0.0974. The Morgan fingerprint density at radius 3 is 2.48 bits per heavy atom. The third kappa shape index (κ3) is 3.23. The van der Waals surface area contributed by atoms with Gasteiger partial charge >= 0.3 is 0 Å². The van der Waals surface area contributed by atoms with E-state index in [1.54, 1.807) is 17.0 Å². The fourth-order valence-corrected chi connectivity index (χ4v) is 3.57. The van der Waals surface area contributed by atoms with Crippen LogP contribution in [0.5, 0.6) is 17.2 Å². The van der Waals surface area contributed by atoms with Crippen LogP contribution in [0.4, 0.5) is 11.4 Å². The van der Waals surface area contributed by atoms with Gasteiger partial charge in [-0.3, -0.25) is 9.69 Å². The first-order valence-electron chi connectivity index (χ1n) is 9.41. The Labute approximate surface area is 169 Å². The van der Waals surface area contributed by atoms with Crippen LogP contribution in [0.1, 0.15) is 34.6 Å². The number of hydrogen-bond donors (Lipinski definition) is 3. The van der Waals surface area contributed by atoms with Gasteiger partial charge in [-0.25, -0.2) is 0 Å². The number of carbonyl (C=O) groups excluding carboxylic acids is 1. The summed E-state index contributed by atoms with van der Waals surface area (Å²) in [6.45, 7) is 2.08. The Morgan fingerprint density at radius 1 is 1.07 bits per heavy atom. The molecule has 0 aromatic heterocycles. The number of phenolic OH excluding ortho intramolecular Hbond substituents is 2. The quantitative estimate of drug-likeness (QED) is 0.574. The second-order valence-electron chi connectivity index (χ2n) is 6.88. The van der Waals surface area contributed by atoms with Crippen LogP contribution in [0.15, 0.2) is 60.7 Å². The van der Waals surface area contributed by atoms with E-state index in [2.05, 4.69) is 12.2 Å². The molecule has 0 fully saturated rings. The van der Waals surface area contributed by atoms with Gasteiger partial charge in [-0.2, -0.15) is 0 Å². The van der Waals surface area contributed by atoms with E-state index in [0.29, 0.717) is 16.8 Å². The molecule has 6 nitrogen and oxygen atoms in total. The number of phenols is 2. The number of rotatable bonds is 4. The first-order valence-corrected chi connectivity index (χ1v) is 9.41. The van der Waals surface area contributed by atoms with E-state index in [4.69, 9.17) is 4.74 Å². The van der Waals surface area contributed by atoms with E-state index in [1.165, 1.54) is 18.7 Å². The SMILES string of the molecule is CCc1ccc(N2C(=O)c3ccccc3N[C@@H]2c2cc(O)c(O)c(OC)c2)cc1. The minimum absolute atomic E-state index is 0.134. The first-order chi connectivity index (χ1) is 14.0. The Balaban J connectivity index is 1.87. The second kappa shape index (κ2) is 7.39. The molecule has 0 saturated carbocycles. The summed E-state index contributed by atoms with van der Waals surface area (Å²) >= 11 is 0. The highest BCUT2D eigenvalue weighted by Gasteiger charge is 2.34. The third-order valence-electron chi connectivity index (χ3n) is 5.16. The van der Waals surface area contributed by atoms with Crippen molar-refractivity contribution in [1.82, 2.24) is 0 Å². The van der Waals surface area contributed by atoms with Gasteiger partial charge in [0.1, 0.15) is 6.17 Å². The highest BCUT2D eigenvalue weighted by Crippen LogP contribution is 2.42. The number of aromatic hydroxyl groups is 2. The van der Waals surface area contributed by atoms with E-state index in [-0.39, 0.29) is 23.2 Å². The van der Waals surface area contributed by atoms with Crippen molar-refractivity contribution >= 4 is 17.3 Å². The lowest BCUT2D eigenvalue weighted by Gasteiger charge is -2.38. The molecule has 0 aliphatic carbocycles. The lowest BCUT2D eigenvalue weighted by atomic mass is 10.0. The molecule has 0 saturated heterocycles. The summed E-state index contributed by atoms with van der Waals surface area (Å²) in [6, 6.07) is 18.2. The minimum atomic E-state index is -0.592. The number of nitrogens with zero attached hydrogens (tertiary/aromatic N) is 1. The number of carbonyl (C=O) groups is 1. The van der Waals surface area contributed by atoms with Crippen molar-refractivity contribution in [2.75, 3.05) is 17.3 Å². The summed E-state index contributed by atoms with van der Waals surface area (Å²) in [7, 11) is 1.41. The maximum atomic E-state index is 13.4. The molecule has 29 heavy (non-hydrogen) atoms. The van der Waals surface area contributed by atoms with Crippen LogP contribution in [0.3, 0.4) is 0 Å². The van der Waals surface area contributed by atoms with Gasteiger partial charge in [-0.1, -0.05) is 31.2 Å². The van der Waals surface area contributed by atoms with Crippen molar-refractivity contribution in [3.05, 3.63) is 77.4 Å². The van der Waals surface area contributed by atoms with Crippen molar-refractivity contribution in [3.63, 3.8) is 0 Å². The molecule has 1 aliphatic rings.